The van der Waals surface area contributed by atoms with Crippen LogP contribution in [0, 0.1) is 0 Å². The number of carbonyl (C=O) groups is 1. The highest BCUT2D eigenvalue weighted by atomic mass is 16.7. The third-order valence-corrected chi connectivity index (χ3v) is 8.64. The number of aliphatic hydroxyl groups is 8. The van der Waals surface area contributed by atoms with E-state index in [9.17, 15) is 45.6 Å². The largest absolute Gasteiger partial charge is 0.394 e. The second-order valence-electron chi connectivity index (χ2n) is 12.6. The van der Waals surface area contributed by atoms with Gasteiger partial charge in [-0.25, -0.2) is 0 Å². The summed E-state index contributed by atoms with van der Waals surface area (Å²) in [6, 6.07) is -0.919. The number of rotatable bonds is 23. The highest BCUT2D eigenvalue weighted by Crippen LogP contribution is 2.29. The first-order valence-corrected chi connectivity index (χ1v) is 17.6. The summed E-state index contributed by atoms with van der Waals surface area (Å²) in [4.78, 5) is 12.7. The van der Waals surface area contributed by atoms with Gasteiger partial charge < -0.3 is 65.1 Å². The van der Waals surface area contributed by atoms with Gasteiger partial charge in [0.1, 0.15) is 48.8 Å². The molecule has 0 saturated carbocycles. The zero-order chi connectivity index (χ0) is 35.5. The Labute approximate surface area is 284 Å². The topological polar surface area (TPSA) is 228 Å². The molecule has 0 aromatic rings. The van der Waals surface area contributed by atoms with Crippen LogP contribution in [-0.4, -0.2) is 140 Å². The molecule has 2 saturated heterocycles. The predicted molar refractivity (Wildman–Crippen MR) is 175 cm³/mol. The van der Waals surface area contributed by atoms with Gasteiger partial charge in [0.2, 0.25) is 5.91 Å². The molecule has 12 unspecified atom stereocenters. The predicted octanol–water partition coefficient (Wildman–Crippen LogP) is 0.306. The van der Waals surface area contributed by atoms with Crippen LogP contribution >= 0.6 is 0 Å². The van der Waals surface area contributed by atoms with Gasteiger partial charge in [0, 0.05) is 6.42 Å². The molecule has 280 valence electrons. The highest BCUT2D eigenvalue weighted by molar-refractivity contribution is 5.76. The Morgan fingerprint density at radius 3 is 2.00 bits per heavy atom. The summed E-state index contributed by atoms with van der Waals surface area (Å²) >= 11 is 0. The van der Waals surface area contributed by atoms with Gasteiger partial charge in [0.15, 0.2) is 12.6 Å². The van der Waals surface area contributed by atoms with E-state index in [4.69, 9.17) is 18.9 Å². The van der Waals surface area contributed by atoms with E-state index in [1.54, 1.807) is 6.08 Å². The van der Waals surface area contributed by atoms with Crippen LogP contribution < -0.4 is 5.32 Å². The molecule has 2 aliphatic rings. The Bertz CT molecular complexity index is 919. The van der Waals surface area contributed by atoms with Gasteiger partial charge in [0.25, 0.3) is 0 Å². The van der Waals surface area contributed by atoms with Gasteiger partial charge in [-0.1, -0.05) is 76.7 Å². The van der Waals surface area contributed by atoms with Crippen LogP contribution in [0.25, 0.3) is 0 Å². The average molecular weight is 692 g/mol. The highest BCUT2D eigenvalue weighted by Gasteiger charge is 2.50. The molecular formula is C34H61NO13. The molecule has 14 heteroatoms. The fraction of sp³-hybridized carbons (Fsp3) is 0.853. The van der Waals surface area contributed by atoms with Crippen LogP contribution in [0.1, 0.15) is 90.9 Å². The van der Waals surface area contributed by atoms with Crippen molar-refractivity contribution in [3.63, 3.8) is 0 Å². The summed E-state index contributed by atoms with van der Waals surface area (Å²) in [5.74, 6) is -0.274. The van der Waals surface area contributed by atoms with Crippen LogP contribution in [-0.2, 0) is 23.7 Å². The monoisotopic (exact) mass is 691 g/mol. The average Bonchev–Trinajstić information content (AvgIpc) is 3.08. The van der Waals surface area contributed by atoms with Gasteiger partial charge in [-0.15, -0.1) is 0 Å². The van der Waals surface area contributed by atoms with Crippen molar-refractivity contribution in [2.24, 2.45) is 0 Å². The first-order valence-electron chi connectivity index (χ1n) is 17.6. The van der Waals surface area contributed by atoms with Crippen molar-refractivity contribution in [1.29, 1.82) is 0 Å². The number of unbranched alkanes of at least 4 members (excludes halogenated alkanes) is 8. The van der Waals surface area contributed by atoms with Crippen LogP contribution in [0.2, 0.25) is 0 Å². The fourth-order valence-electron chi connectivity index (χ4n) is 5.60. The lowest BCUT2D eigenvalue weighted by Gasteiger charge is -2.46. The summed E-state index contributed by atoms with van der Waals surface area (Å²) in [6.45, 7) is 2.52. The molecule has 48 heavy (non-hydrogen) atoms. The van der Waals surface area contributed by atoms with Crippen LogP contribution in [0.15, 0.2) is 24.3 Å². The number of nitrogens with one attached hydrogen (secondary N) is 1. The number of allylic oxidation sites excluding steroid dienone is 3. The molecule has 2 fully saturated rings. The van der Waals surface area contributed by atoms with Crippen molar-refractivity contribution >= 4 is 5.91 Å². The van der Waals surface area contributed by atoms with E-state index in [2.05, 4.69) is 31.3 Å². The quantitative estimate of drug-likeness (QED) is 0.0520. The Kier molecular flexibility index (Phi) is 21.1. The van der Waals surface area contributed by atoms with Gasteiger partial charge in [0.05, 0.1) is 32.0 Å². The Morgan fingerprint density at radius 2 is 1.33 bits per heavy atom. The molecule has 2 rings (SSSR count). The number of hydrogen-bond donors (Lipinski definition) is 9. The smallest absolute Gasteiger partial charge is 0.220 e. The second-order valence-corrected chi connectivity index (χ2v) is 12.6. The number of ether oxygens (including phenoxy) is 4. The molecule has 0 radical (unpaired) electrons. The summed E-state index contributed by atoms with van der Waals surface area (Å²) < 4.78 is 22.3. The summed E-state index contributed by atoms with van der Waals surface area (Å²) in [6.07, 6.45) is 1.91. The third kappa shape index (κ3) is 14.0. The zero-order valence-electron chi connectivity index (χ0n) is 28.5. The van der Waals surface area contributed by atoms with Crippen molar-refractivity contribution in [2.45, 2.75) is 164 Å². The van der Waals surface area contributed by atoms with Crippen LogP contribution in [0.3, 0.4) is 0 Å². The number of hydrogen-bond acceptors (Lipinski definition) is 13. The standard InChI is InChI=1S/C34H61NO13/c1-3-5-7-9-10-11-12-13-14-15-17-23(38)22(35-26(39)18-16-8-6-4-2)21-45-33-31(44)29(42)32(25(20-37)47-33)48-34-30(43)28(41)27(40)24(19-36)46-34/h11-12,15,17,22-25,27-34,36-38,40-44H,3-10,13-14,16,18-21H2,1-2H3,(H,35,39)/b12-11+,17-15+. The van der Waals surface area contributed by atoms with Gasteiger partial charge in [-0.3, -0.25) is 4.79 Å². The minimum Gasteiger partial charge on any atom is -0.394 e. The lowest BCUT2D eigenvalue weighted by Crippen LogP contribution is -2.65. The fourth-order valence-corrected chi connectivity index (χ4v) is 5.60. The summed E-state index contributed by atoms with van der Waals surface area (Å²) in [7, 11) is 0. The van der Waals surface area contributed by atoms with Crippen molar-refractivity contribution in [3.8, 4) is 0 Å². The molecule has 14 nitrogen and oxygen atoms in total. The molecule has 1 amide bonds. The van der Waals surface area contributed by atoms with E-state index < -0.39 is 86.8 Å². The molecule has 2 heterocycles. The SMILES string of the molecule is CCCCCC/C=C/CC/C=C/C(O)C(COC1OC(CO)C(OC2OC(CO)C(O)C(O)C2O)C(O)C1O)NC(=O)CCCCCC. The van der Waals surface area contributed by atoms with E-state index in [0.717, 1.165) is 32.1 Å². The Balaban J connectivity index is 2.01. The third-order valence-electron chi connectivity index (χ3n) is 8.64. The van der Waals surface area contributed by atoms with Crippen LogP contribution in [0.4, 0.5) is 0 Å². The van der Waals surface area contributed by atoms with Crippen molar-refractivity contribution < 1.29 is 64.6 Å². The first-order chi connectivity index (χ1) is 23.1. The molecule has 0 aromatic heterocycles. The van der Waals surface area contributed by atoms with Gasteiger partial charge in [-0.2, -0.15) is 0 Å². The molecule has 0 spiro atoms. The van der Waals surface area contributed by atoms with Crippen LogP contribution in [0.5, 0.6) is 0 Å². The zero-order valence-corrected chi connectivity index (χ0v) is 28.5. The molecule has 0 aromatic carbocycles. The van der Waals surface area contributed by atoms with E-state index in [1.807, 2.05) is 6.08 Å². The number of amides is 1. The number of carbonyl (C=O) groups excluding carboxylic acids is 1. The summed E-state index contributed by atoms with van der Waals surface area (Å²) in [5.41, 5.74) is 0. The maximum absolute atomic E-state index is 12.7. The second kappa shape index (κ2) is 23.8. The minimum atomic E-state index is -1.78. The Morgan fingerprint density at radius 1 is 0.729 bits per heavy atom. The lowest BCUT2D eigenvalue weighted by molar-refractivity contribution is -0.359. The maximum Gasteiger partial charge on any atom is 0.220 e. The van der Waals surface area contributed by atoms with E-state index in [0.29, 0.717) is 12.8 Å². The lowest BCUT2D eigenvalue weighted by atomic mass is 9.97. The normalized spacial score (nSPS) is 32.5. The van der Waals surface area contributed by atoms with E-state index >= 15 is 0 Å². The van der Waals surface area contributed by atoms with Crippen molar-refractivity contribution in [1.82, 2.24) is 5.32 Å². The Hall–Kier alpha value is -1.53. The molecule has 2 aliphatic heterocycles. The van der Waals surface area contributed by atoms with Crippen molar-refractivity contribution in [3.05, 3.63) is 24.3 Å². The van der Waals surface area contributed by atoms with E-state index in [-0.39, 0.29) is 18.9 Å². The maximum atomic E-state index is 12.7. The molecule has 0 bridgehead atoms. The van der Waals surface area contributed by atoms with Gasteiger partial charge >= 0.3 is 0 Å². The molecular weight excluding hydrogens is 630 g/mol. The number of aliphatic hydroxyl groups excluding tert-OH is 8. The molecule has 9 N–H and O–H groups in total. The first kappa shape index (κ1) is 42.6. The molecule has 12 atom stereocenters. The minimum absolute atomic E-state index is 0.265. The molecule has 0 aliphatic carbocycles. The summed E-state index contributed by atoms with van der Waals surface area (Å²) in [5, 5.41) is 85.4. The van der Waals surface area contributed by atoms with E-state index in [1.165, 1.54) is 25.7 Å². The van der Waals surface area contributed by atoms with Gasteiger partial charge in [-0.05, 0) is 32.1 Å². The van der Waals surface area contributed by atoms with Crippen molar-refractivity contribution in [2.75, 3.05) is 19.8 Å².